The van der Waals surface area contributed by atoms with Crippen LogP contribution in [0.25, 0.3) is 0 Å². The van der Waals surface area contributed by atoms with Crippen molar-refractivity contribution < 1.29 is 13.9 Å². The first-order valence-corrected chi connectivity index (χ1v) is 4.61. The monoisotopic (exact) mass is 209 g/mol. The highest BCUT2D eigenvalue weighted by molar-refractivity contribution is 5.37. The smallest absolute Gasteiger partial charge is 0.238 e. The van der Waals surface area contributed by atoms with E-state index in [-0.39, 0.29) is 0 Å². The standard InChI is InChI=1S/C11H12FNO2/c1-3-15-10-6-4-9(5-7-10)11(2,12)13-8-14/h4-7H,3H2,1-2H3. The predicted octanol–water partition coefficient (Wildman–Crippen LogP) is 2.56. The minimum atomic E-state index is -2.02. The number of halogens is 1. The molecule has 4 heteroatoms. The quantitative estimate of drug-likeness (QED) is 0.434. The molecule has 0 aliphatic heterocycles. The fourth-order valence-corrected chi connectivity index (χ4v) is 1.17. The number of aliphatic imine (C=N–C) groups is 1. The Bertz CT molecular complexity index is 367. The van der Waals surface area contributed by atoms with E-state index in [9.17, 15) is 9.18 Å². The van der Waals surface area contributed by atoms with Gasteiger partial charge in [-0.15, -0.1) is 0 Å². The third kappa shape index (κ3) is 2.89. The van der Waals surface area contributed by atoms with Crippen LogP contribution in [0.4, 0.5) is 4.39 Å². The third-order valence-corrected chi connectivity index (χ3v) is 1.95. The lowest BCUT2D eigenvalue weighted by Gasteiger charge is -2.13. The van der Waals surface area contributed by atoms with E-state index in [1.165, 1.54) is 25.1 Å². The van der Waals surface area contributed by atoms with Gasteiger partial charge in [0.15, 0.2) is 0 Å². The highest BCUT2D eigenvalue weighted by Gasteiger charge is 2.24. The Kier molecular flexibility index (Phi) is 3.58. The number of ether oxygens (including phenoxy) is 1. The van der Waals surface area contributed by atoms with Gasteiger partial charge >= 0.3 is 0 Å². The molecule has 0 saturated heterocycles. The number of benzene rings is 1. The Morgan fingerprint density at radius 1 is 1.47 bits per heavy atom. The summed E-state index contributed by atoms with van der Waals surface area (Å²) in [6, 6.07) is 6.34. The molecule has 0 aliphatic carbocycles. The molecule has 0 heterocycles. The van der Waals surface area contributed by atoms with Gasteiger partial charge in [-0.1, -0.05) is 12.1 Å². The van der Waals surface area contributed by atoms with E-state index in [0.29, 0.717) is 17.9 Å². The van der Waals surface area contributed by atoms with Crippen LogP contribution in [0.5, 0.6) is 5.75 Å². The number of hydrogen-bond donors (Lipinski definition) is 0. The molecular formula is C11H12FNO2. The molecule has 1 rings (SSSR count). The highest BCUT2D eigenvalue weighted by Crippen LogP contribution is 2.27. The van der Waals surface area contributed by atoms with Crippen LogP contribution < -0.4 is 4.74 Å². The fourth-order valence-electron chi connectivity index (χ4n) is 1.17. The summed E-state index contributed by atoms with van der Waals surface area (Å²) in [7, 11) is 0. The van der Waals surface area contributed by atoms with Crippen molar-refractivity contribution in [3.05, 3.63) is 29.8 Å². The van der Waals surface area contributed by atoms with E-state index in [1.54, 1.807) is 12.1 Å². The van der Waals surface area contributed by atoms with E-state index >= 15 is 0 Å². The molecule has 1 atom stereocenters. The van der Waals surface area contributed by atoms with E-state index in [0.717, 1.165) is 0 Å². The van der Waals surface area contributed by atoms with E-state index in [4.69, 9.17) is 4.74 Å². The summed E-state index contributed by atoms with van der Waals surface area (Å²) in [5.74, 6) is -1.36. The number of hydrogen-bond acceptors (Lipinski definition) is 3. The van der Waals surface area contributed by atoms with Crippen LogP contribution in [-0.2, 0) is 10.6 Å². The zero-order chi connectivity index (χ0) is 11.3. The first-order chi connectivity index (χ1) is 7.10. The maximum atomic E-state index is 13.7. The van der Waals surface area contributed by atoms with Gasteiger partial charge in [0.2, 0.25) is 11.9 Å². The molecule has 1 aromatic carbocycles. The number of alkyl halides is 1. The van der Waals surface area contributed by atoms with Gasteiger partial charge in [0.25, 0.3) is 0 Å². The van der Waals surface area contributed by atoms with Crippen molar-refractivity contribution in [2.24, 2.45) is 4.99 Å². The second-order valence-corrected chi connectivity index (χ2v) is 3.11. The molecule has 1 aromatic rings. The Labute approximate surface area is 87.6 Å². The zero-order valence-corrected chi connectivity index (χ0v) is 8.66. The average Bonchev–Trinajstić information content (AvgIpc) is 2.19. The fraction of sp³-hybridized carbons (Fsp3) is 0.364. The molecule has 3 nitrogen and oxygen atoms in total. The van der Waals surface area contributed by atoms with Crippen LogP contribution in [0.1, 0.15) is 19.4 Å². The topological polar surface area (TPSA) is 38.7 Å². The largest absolute Gasteiger partial charge is 0.494 e. The van der Waals surface area contributed by atoms with Gasteiger partial charge in [-0.05, 0) is 26.0 Å². The van der Waals surface area contributed by atoms with E-state index in [2.05, 4.69) is 4.99 Å². The molecule has 0 aromatic heterocycles. The van der Waals surface area contributed by atoms with Crippen LogP contribution in [0, 0.1) is 0 Å². The lowest BCUT2D eigenvalue weighted by Crippen LogP contribution is -2.11. The summed E-state index contributed by atoms with van der Waals surface area (Å²) >= 11 is 0. The Hall–Kier alpha value is -1.67. The Balaban J connectivity index is 2.92. The second-order valence-electron chi connectivity index (χ2n) is 3.11. The minimum Gasteiger partial charge on any atom is -0.494 e. The van der Waals surface area contributed by atoms with Crippen LogP contribution >= 0.6 is 0 Å². The summed E-state index contributed by atoms with van der Waals surface area (Å²) in [6.45, 7) is 3.62. The van der Waals surface area contributed by atoms with Crippen LogP contribution in [0.15, 0.2) is 29.3 Å². The maximum Gasteiger partial charge on any atom is 0.238 e. The van der Waals surface area contributed by atoms with E-state index in [1.807, 2.05) is 6.92 Å². The van der Waals surface area contributed by atoms with Crippen molar-refractivity contribution in [1.29, 1.82) is 0 Å². The van der Waals surface area contributed by atoms with Crippen molar-refractivity contribution in [3.63, 3.8) is 0 Å². The normalized spacial score (nSPS) is 13.8. The lowest BCUT2D eigenvalue weighted by molar-refractivity contribution is 0.206. The molecule has 1 unspecified atom stereocenters. The first-order valence-electron chi connectivity index (χ1n) is 4.61. The van der Waals surface area contributed by atoms with E-state index < -0.39 is 5.79 Å². The van der Waals surface area contributed by atoms with Crippen molar-refractivity contribution in [1.82, 2.24) is 0 Å². The molecule has 0 aliphatic rings. The molecule has 0 amide bonds. The summed E-state index contributed by atoms with van der Waals surface area (Å²) in [6.07, 6.45) is 1.21. The summed E-state index contributed by atoms with van der Waals surface area (Å²) < 4.78 is 18.9. The molecule has 80 valence electrons. The number of carbonyl (C=O) groups excluding carboxylic acids is 1. The van der Waals surface area contributed by atoms with Gasteiger partial charge in [-0.2, -0.15) is 4.99 Å². The summed E-state index contributed by atoms with van der Waals surface area (Å²) in [5, 5.41) is 0. The Morgan fingerprint density at radius 2 is 2.07 bits per heavy atom. The van der Waals surface area contributed by atoms with Crippen LogP contribution in [-0.4, -0.2) is 12.7 Å². The highest BCUT2D eigenvalue weighted by atomic mass is 19.1. The molecule has 0 radical (unpaired) electrons. The van der Waals surface area contributed by atoms with Gasteiger partial charge in [-0.3, -0.25) is 0 Å². The maximum absolute atomic E-state index is 13.7. The first kappa shape index (κ1) is 11.4. The predicted molar refractivity (Wildman–Crippen MR) is 54.2 cm³/mol. The minimum absolute atomic E-state index is 0.300. The molecule has 0 fully saturated rings. The van der Waals surface area contributed by atoms with Crippen molar-refractivity contribution >= 4 is 6.08 Å². The van der Waals surface area contributed by atoms with Gasteiger partial charge in [-0.25, -0.2) is 9.18 Å². The third-order valence-electron chi connectivity index (χ3n) is 1.95. The van der Waals surface area contributed by atoms with Gasteiger partial charge < -0.3 is 4.74 Å². The van der Waals surface area contributed by atoms with Crippen LogP contribution in [0.3, 0.4) is 0 Å². The van der Waals surface area contributed by atoms with Crippen molar-refractivity contribution in [2.45, 2.75) is 19.6 Å². The summed E-state index contributed by atoms with van der Waals surface area (Å²) in [4.78, 5) is 13.1. The molecule has 0 spiro atoms. The Morgan fingerprint density at radius 3 is 2.53 bits per heavy atom. The average molecular weight is 209 g/mol. The second kappa shape index (κ2) is 4.71. The molecular weight excluding hydrogens is 197 g/mol. The van der Waals surface area contributed by atoms with Gasteiger partial charge in [0, 0.05) is 5.56 Å². The molecule has 0 N–H and O–H groups in total. The molecule has 15 heavy (non-hydrogen) atoms. The van der Waals surface area contributed by atoms with Crippen molar-refractivity contribution in [3.8, 4) is 5.75 Å². The van der Waals surface area contributed by atoms with Gasteiger partial charge in [0.1, 0.15) is 5.75 Å². The molecule has 0 bridgehead atoms. The van der Waals surface area contributed by atoms with Crippen molar-refractivity contribution in [2.75, 3.05) is 6.61 Å². The molecule has 0 saturated carbocycles. The lowest BCUT2D eigenvalue weighted by atomic mass is 10.1. The van der Waals surface area contributed by atoms with Crippen LogP contribution in [0.2, 0.25) is 0 Å². The number of nitrogens with zero attached hydrogens (tertiary/aromatic N) is 1. The SMILES string of the molecule is CCOc1ccc(C(C)(F)N=C=O)cc1. The summed E-state index contributed by atoms with van der Waals surface area (Å²) in [5.41, 5.74) is 0.300. The number of rotatable bonds is 4. The van der Waals surface area contributed by atoms with Gasteiger partial charge in [0.05, 0.1) is 6.61 Å². The number of isocyanates is 1. The zero-order valence-electron chi connectivity index (χ0n) is 8.66.